The van der Waals surface area contributed by atoms with Crippen LogP contribution in [0, 0.1) is 0 Å². The van der Waals surface area contributed by atoms with Crippen molar-refractivity contribution in [3.05, 3.63) is 11.8 Å². The average molecular weight is 211 g/mol. The highest BCUT2D eigenvalue weighted by Gasteiger charge is 2.16. The summed E-state index contributed by atoms with van der Waals surface area (Å²) < 4.78 is 5.62. The Labute approximate surface area is 94.1 Å². The molecule has 0 aromatic heterocycles. The molecular formula is C13H25NO. The van der Waals surface area contributed by atoms with Crippen LogP contribution < -0.4 is 5.32 Å². The summed E-state index contributed by atoms with van der Waals surface area (Å²) in [7, 11) is 0. The van der Waals surface area contributed by atoms with Crippen molar-refractivity contribution in [3.8, 4) is 0 Å². The number of nitrogens with one attached hydrogen (secondary N) is 1. The first-order valence-electron chi connectivity index (χ1n) is 6.44. The molecule has 15 heavy (non-hydrogen) atoms. The van der Waals surface area contributed by atoms with Gasteiger partial charge in [0, 0.05) is 6.42 Å². The van der Waals surface area contributed by atoms with Crippen molar-refractivity contribution in [2.24, 2.45) is 0 Å². The first-order valence-corrected chi connectivity index (χ1v) is 6.44. The van der Waals surface area contributed by atoms with Gasteiger partial charge in [-0.05, 0) is 19.0 Å². The van der Waals surface area contributed by atoms with Gasteiger partial charge in [-0.3, -0.25) is 0 Å². The van der Waals surface area contributed by atoms with Gasteiger partial charge in [-0.25, -0.2) is 0 Å². The fourth-order valence-corrected chi connectivity index (χ4v) is 2.05. The molecule has 0 bridgehead atoms. The molecule has 88 valence electrons. The Morgan fingerprint density at radius 2 is 2.20 bits per heavy atom. The summed E-state index contributed by atoms with van der Waals surface area (Å²) >= 11 is 0. The maximum absolute atomic E-state index is 5.62. The van der Waals surface area contributed by atoms with E-state index in [4.69, 9.17) is 4.74 Å². The molecule has 1 rings (SSSR count). The zero-order valence-corrected chi connectivity index (χ0v) is 10.2. The van der Waals surface area contributed by atoms with Crippen LogP contribution in [0.3, 0.4) is 0 Å². The van der Waals surface area contributed by atoms with Gasteiger partial charge in [0.15, 0.2) is 0 Å². The van der Waals surface area contributed by atoms with Crippen molar-refractivity contribution in [1.29, 1.82) is 0 Å². The van der Waals surface area contributed by atoms with Crippen LogP contribution in [0.15, 0.2) is 11.8 Å². The van der Waals surface area contributed by atoms with E-state index in [-0.39, 0.29) is 0 Å². The summed E-state index contributed by atoms with van der Waals surface area (Å²) in [4.78, 5) is 0. The van der Waals surface area contributed by atoms with E-state index in [0.717, 1.165) is 19.6 Å². The molecule has 0 fully saturated rings. The highest BCUT2D eigenvalue weighted by Crippen LogP contribution is 2.18. The van der Waals surface area contributed by atoms with Crippen molar-refractivity contribution in [2.75, 3.05) is 13.2 Å². The average Bonchev–Trinajstić information content (AvgIpc) is 2.76. The molecule has 0 radical (unpaired) electrons. The van der Waals surface area contributed by atoms with E-state index >= 15 is 0 Å². The van der Waals surface area contributed by atoms with Crippen molar-refractivity contribution in [1.82, 2.24) is 5.32 Å². The summed E-state index contributed by atoms with van der Waals surface area (Å²) in [6, 6.07) is 0.467. The minimum absolute atomic E-state index is 0.467. The second kappa shape index (κ2) is 7.75. The van der Waals surface area contributed by atoms with Crippen LogP contribution in [-0.2, 0) is 4.74 Å². The second-order valence-electron chi connectivity index (χ2n) is 4.20. The Hall–Kier alpha value is -0.500. The van der Waals surface area contributed by atoms with Crippen molar-refractivity contribution in [3.63, 3.8) is 0 Å². The molecule has 0 spiro atoms. The lowest BCUT2D eigenvalue weighted by atomic mass is 10.1. The number of unbranched alkanes of at least 4 members (excludes halogenated alkanes) is 3. The Morgan fingerprint density at radius 3 is 2.80 bits per heavy atom. The summed E-state index contributed by atoms with van der Waals surface area (Å²) in [5, 5.41) is 3.51. The van der Waals surface area contributed by atoms with Crippen molar-refractivity contribution < 1.29 is 4.74 Å². The van der Waals surface area contributed by atoms with Gasteiger partial charge in [0.05, 0.1) is 12.6 Å². The third kappa shape index (κ3) is 4.70. The second-order valence-corrected chi connectivity index (χ2v) is 4.20. The smallest absolute Gasteiger partial charge is 0.109 e. The molecule has 0 aromatic rings. The third-order valence-electron chi connectivity index (χ3n) is 2.87. The van der Waals surface area contributed by atoms with E-state index in [2.05, 4.69) is 25.2 Å². The zero-order chi connectivity index (χ0) is 10.9. The first kappa shape index (κ1) is 12.6. The van der Waals surface area contributed by atoms with Gasteiger partial charge in [0.2, 0.25) is 0 Å². The van der Waals surface area contributed by atoms with Gasteiger partial charge in [-0.1, -0.05) is 39.5 Å². The quantitative estimate of drug-likeness (QED) is 0.622. The molecule has 1 N–H and O–H groups in total. The summed E-state index contributed by atoms with van der Waals surface area (Å²) in [5.41, 5.74) is 0. The minimum Gasteiger partial charge on any atom is -0.496 e. The SMILES string of the molecule is CCCCCCC(NCC)C1=CCCO1. The number of ether oxygens (including phenoxy) is 1. The molecule has 1 aliphatic heterocycles. The maximum atomic E-state index is 5.62. The Balaban J connectivity index is 2.23. The summed E-state index contributed by atoms with van der Waals surface area (Å²) in [5.74, 6) is 1.19. The van der Waals surface area contributed by atoms with Crippen LogP contribution >= 0.6 is 0 Å². The topological polar surface area (TPSA) is 21.3 Å². The summed E-state index contributed by atoms with van der Waals surface area (Å²) in [6.07, 6.45) is 9.89. The molecule has 0 saturated heterocycles. The Morgan fingerprint density at radius 1 is 1.33 bits per heavy atom. The van der Waals surface area contributed by atoms with Crippen LogP contribution in [0.2, 0.25) is 0 Å². The standard InChI is InChI=1S/C13H25NO/c1-3-5-6-7-9-12(14-4-2)13-10-8-11-15-13/h10,12,14H,3-9,11H2,1-2H3. The van der Waals surface area contributed by atoms with Crippen LogP contribution in [0.5, 0.6) is 0 Å². The first-order chi connectivity index (χ1) is 7.38. The monoisotopic (exact) mass is 211 g/mol. The predicted octanol–water partition coefficient (Wildman–Crippen LogP) is 3.24. The van der Waals surface area contributed by atoms with Crippen molar-refractivity contribution >= 4 is 0 Å². The largest absolute Gasteiger partial charge is 0.496 e. The van der Waals surface area contributed by atoms with Gasteiger partial charge in [0.1, 0.15) is 5.76 Å². The molecule has 2 heteroatoms. The fourth-order valence-electron chi connectivity index (χ4n) is 2.05. The lowest BCUT2D eigenvalue weighted by Crippen LogP contribution is -2.31. The highest BCUT2D eigenvalue weighted by atomic mass is 16.5. The van der Waals surface area contributed by atoms with Gasteiger partial charge in [-0.2, -0.15) is 0 Å². The van der Waals surface area contributed by atoms with Crippen LogP contribution in [0.25, 0.3) is 0 Å². The molecule has 2 nitrogen and oxygen atoms in total. The molecule has 0 aliphatic carbocycles. The van der Waals surface area contributed by atoms with E-state index in [9.17, 15) is 0 Å². The molecule has 1 aliphatic rings. The molecule has 1 heterocycles. The number of likely N-dealkylation sites (N-methyl/N-ethyl adjacent to an activating group) is 1. The van der Waals surface area contributed by atoms with Gasteiger partial charge in [-0.15, -0.1) is 0 Å². The van der Waals surface area contributed by atoms with Crippen LogP contribution in [0.4, 0.5) is 0 Å². The predicted molar refractivity (Wildman–Crippen MR) is 64.9 cm³/mol. The van der Waals surface area contributed by atoms with E-state index in [0.29, 0.717) is 6.04 Å². The molecular weight excluding hydrogens is 186 g/mol. The van der Waals surface area contributed by atoms with E-state index in [1.807, 2.05) is 0 Å². The van der Waals surface area contributed by atoms with Gasteiger partial charge in [0.25, 0.3) is 0 Å². The Bertz CT molecular complexity index is 189. The van der Waals surface area contributed by atoms with Gasteiger partial charge >= 0.3 is 0 Å². The number of rotatable bonds is 8. The minimum atomic E-state index is 0.467. The lowest BCUT2D eigenvalue weighted by Gasteiger charge is -2.18. The van der Waals surface area contributed by atoms with Crippen LogP contribution in [-0.4, -0.2) is 19.2 Å². The highest BCUT2D eigenvalue weighted by molar-refractivity contribution is 5.06. The number of hydrogen-bond acceptors (Lipinski definition) is 2. The molecule has 0 amide bonds. The van der Waals surface area contributed by atoms with E-state index in [1.54, 1.807) is 0 Å². The molecule has 1 unspecified atom stereocenters. The van der Waals surface area contributed by atoms with Gasteiger partial charge < -0.3 is 10.1 Å². The fraction of sp³-hybridized carbons (Fsp3) is 0.846. The molecule has 0 saturated carbocycles. The summed E-state index contributed by atoms with van der Waals surface area (Å²) in [6.45, 7) is 6.32. The normalized spacial score (nSPS) is 17.3. The van der Waals surface area contributed by atoms with E-state index in [1.165, 1.54) is 37.9 Å². The molecule has 0 aromatic carbocycles. The maximum Gasteiger partial charge on any atom is 0.109 e. The van der Waals surface area contributed by atoms with E-state index < -0.39 is 0 Å². The lowest BCUT2D eigenvalue weighted by molar-refractivity contribution is 0.211. The van der Waals surface area contributed by atoms with Crippen LogP contribution in [0.1, 0.15) is 52.4 Å². The van der Waals surface area contributed by atoms with Crippen molar-refractivity contribution in [2.45, 2.75) is 58.4 Å². The Kier molecular flexibility index (Phi) is 6.49. The number of hydrogen-bond donors (Lipinski definition) is 1. The zero-order valence-electron chi connectivity index (χ0n) is 10.2. The molecule has 1 atom stereocenters. The third-order valence-corrected chi connectivity index (χ3v) is 2.87.